The van der Waals surface area contributed by atoms with E-state index in [0.717, 1.165) is 0 Å². The van der Waals surface area contributed by atoms with Crippen LogP contribution in [0.5, 0.6) is 0 Å². The van der Waals surface area contributed by atoms with Crippen molar-refractivity contribution in [3.63, 3.8) is 0 Å². The summed E-state index contributed by atoms with van der Waals surface area (Å²) in [4.78, 5) is 32.5. The Hall–Kier alpha value is -1.13. The first-order valence-electron chi connectivity index (χ1n) is 3.93. The highest BCUT2D eigenvalue weighted by molar-refractivity contribution is 6.42. The average Bonchev–Trinajstić information content (AvgIpc) is 2.08. The second-order valence-corrected chi connectivity index (χ2v) is 2.94. The smallest absolute Gasteiger partial charge is 0.292 e. The van der Waals surface area contributed by atoms with Gasteiger partial charge in [-0.25, -0.2) is 8.78 Å². The summed E-state index contributed by atoms with van der Waals surface area (Å²) in [5.74, 6) is -4.46. The van der Waals surface area contributed by atoms with Crippen molar-refractivity contribution in [2.24, 2.45) is 5.92 Å². The molecule has 1 atom stereocenters. The lowest BCUT2D eigenvalue weighted by Gasteiger charge is -2.17. The first-order valence-corrected chi connectivity index (χ1v) is 3.93. The zero-order valence-corrected chi connectivity index (χ0v) is 6.76. The molecule has 1 unspecified atom stereocenters. The van der Waals surface area contributed by atoms with E-state index in [0.29, 0.717) is 6.42 Å². The van der Waals surface area contributed by atoms with Gasteiger partial charge >= 0.3 is 0 Å². The molecule has 3 nitrogen and oxygen atoms in total. The fourth-order valence-electron chi connectivity index (χ4n) is 1.34. The number of Topliss-reactive ketones (excluding diaryl/α,β-unsaturated/α-hetero) is 3. The molecule has 0 N–H and O–H groups in total. The lowest BCUT2D eigenvalue weighted by molar-refractivity contribution is -0.148. The molecule has 0 spiro atoms. The minimum atomic E-state index is -3.15. The van der Waals surface area contributed by atoms with E-state index in [1.54, 1.807) is 0 Å². The molecule has 5 heteroatoms. The summed E-state index contributed by atoms with van der Waals surface area (Å²) in [5, 5.41) is 0. The van der Waals surface area contributed by atoms with E-state index in [2.05, 4.69) is 0 Å². The van der Waals surface area contributed by atoms with Crippen LogP contribution in [0.1, 0.15) is 19.3 Å². The minimum Gasteiger partial charge on any atom is -0.292 e. The van der Waals surface area contributed by atoms with Crippen LogP contribution in [0.2, 0.25) is 0 Å². The zero-order valence-electron chi connectivity index (χ0n) is 6.76. The Morgan fingerprint density at radius 2 is 2.00 bits per heavy atom. The second kappa shape index (κ2) is 3.72. The van der Waals surface area contributed by atoms with Crippen molar-refractivity contribution in [2.75, 3.05) is 0 Å². The van der Waals surface area contributed by atoms with Crippen molar-refractivity contribution in [3.8, 4) is 0 Å². The van der Waals surface area contributed by atoms with Crippen LogP contribution < -0.4 is 0 Å². The molecule has 0 bridgehead atoms. The Labute approximate surface area is 73.1 Å². The Morgan fingerprint density at radius 1 is 1.38 bits per heavy atom. The summed E-state index contributed by atoms with van der Waals surface area (Å²) in [6.45, 7) is 0. The van der Waals surface area contributed by atoms with Crippen LogP contribution in [0.3, 0.4) is 0 Å². The topological polar surface area (TPSA) is 51.2 Å². The molecule has 1 rings (SSSR count). The standard InChI is InChI=1S/C8H8F2O3/c9-8(10)7(13)4-2-1-3-5(11)6(4)12/h4,8H,1-3H2. The molecule has 1 aliphatic rings. The van der Waals surface area contributed by atoms with Crippen molar-refractivity contribution in [2.45, 2.75) is 25.7 Å². The molecule has 0 radical (unpaired) electrons. The van der Waals surface area contributed by atoms with Gasteiger partial charge in [-0.3, -0.25) is 14.4 Å². The third kappa shape index (κ3) is 1.96. The fraction of sp³-hybridized carbons (Fsp3) is 0.625. The van der Waals surface area contributed by atoms with Gasteiger partial charge in [-0.2, -0.15) is 0 Å². The number of hydrogen-bond donors (Lipinski definition) is 0. The molecule has 1 saturated carbocycles. The van der Waals surface area contributed by atoms with E-state index < -0.39 is 29.7 Å². The average molecular weight is 190 g/mol. The molecule has 0 aliphatic heterocycles. The number of carbonyl (C=O) groups is 3. The van der Waals surface area contributed by atoms with Gasteiger partial charge in [0.25, 0.3) is 6.43 Å². The minimum absolute atomic E-state index is 0.0752. The van der Waals surface area contributed by atoms with Gasteiger partial charge in [-0.1, -0.05) is 0 Å². The predicted octanol–water partition coefficient (Wildman–Crippen LogP) is 0.759. The number of rotatable bonds is 2. The van der Waals surface area contributed by atoms with E-state index in [1.807, 2.05) is 0 Å². The predicted molar refractivity (Wildman–Crippen MR) is 38.4 cm³/mol. The summed E-state index contributed by atoms with van der Waals surface area (Å²) >= 11 is 0. The second-order valence-electron chi connectivity index (χ2n) is 2.94. The third-order valence-electron chi connectivity index (χ3n) is 2.05. The summed E-state index contributed by atoms with van der Waals surface area (Å²) in [6, 6.07) is 0. The molecule has 13 heavy (non-hydrogen) atoms. The lowest BCUT2D eigenvalue weighted by Crippen LogP contribution is -2.36. The molecule has 0 saturated heterocycles. The fourth-order valence-corrected chi connectivity index (χ4v) is 1.34. The highest BCUT2D eigenvalue weighted by Crippen LogP contribution is 2.21. The monoisotopic (exact) mass is 190 g/mol. The highest BCUT2D eigenvalue weighted by Gasteiger charge is 2.38. The first kappa shape index (κ1) is 9.95. The summed E-state index contributed by atoms with van der Waals surface area (Å²) in [5.41, 5.74) is 0. The molecular formula is C8H8F2O3. The van der Waals surface area contributed by atoms with E-state index >= 15 is 0 Å². The first-order chi connectivity index (χ1) is 6.04. The van der Waals surface area contributed by atoms with Crippen molar-refractivity contribution in [3.05, 3.63) is 0 Å². The molecule has 72 valence electrons. The van der Waals surface area contributed by atoms with E-state index in [9.17, 15) is 23.2 Å². The number of ketones is 3. The zero-order chi connectivity index (χ0) is 10.0. The van der Waals surface area contributed by atoms with Crippen LogP contribution in [0.25, 0.3) is 0 Å². The molecule has 0 aromatic carbocycles. The molecule has 0 heterocycles. The third-order valence-corrected chi connectivity index (χ3v) is 2.05. The van der Waals surface area contributed by atoms with Crippen molar-refractivity contribution >= 4 is 17.3 Å². The van der Waals surface area contributed by atoms with E-state index in [1.165, 1.54) is 0 Å². The molecule has 0 aromatic heterocycles. The number of halogens is 2. The highest BCUT2D eigenvalue weighted by atomic mass is 19.3. The SMILES string of the molecule is O=C1CCCC(C(=O)C(F)F)C1=O. The summed E-state index contributed by atoms with van der Waals surface area (Å²) in [6.07, 6.45) is -2.66. The van der Waals surface area contributed by atoms with Crippen molar-refractivity contribution < 1.29 is 23.2 Å². The van der Waals surface area contributed by atoms with Gasteiger partial charge in [0.05, 0.1) is 5.92 Å². The maximum atomic E-state index is 11.9. The Balaban J connectivity index is 2.74. The Morgan fingerprint density at radius 3 is 2.54 bits per heavy atom. The molecule has 0 aromatic rings. The maximum Gasteiger partial charge on any atom is 0.296 e. The van der Waals surface area contributed by atoms with Gasteiger partial charge < -0.3 is 0 Å². The van der Waals surface area contributed by atoms with Crippen LogP contribution >= 0.6 is 0 Å². The molecule has 0 amide bonds. The van der Waals surface area contributed by atoms with Crippen LogP contribution in [0.15, 0.2) is 0 Å². The van der Waals surface area contributed by atoms with Crippen LogP contribution in [-0.2, 0) is 14.4 Å². The molecule has 1 aliphatic carbocycles. The Kier molecular flexibility index (Phi) is 2.85. The lowest BCUT2D eigenvalue weighted by atomic mass is 9.84. The van der Waals surface area contributed by atoms with Gasteiger partial charge in [0.1, 0.15) is 0 Å². The van der Waals surface area contributed by atoms with Crippen LogP contribution in [0.4, 0.5) is 8.78 Å². The van der Waals surface area contributed by atoms with Gasteiger partial charge in [0, 0.05) is 6.42 Å². The van der Waals surface area contributed by atoms with Crippen LogP contribution in [0, 0.1) is 5.92 Å². The number of alkyl halides is 2. The quantitative estimate of drug-likeness (QED) is 0.477. The van der Waals surface area contributed by atoms with Crippen molar-refractivity contribution in [1.29, 1.82) is 0 Å². The summed E-state index contributed by atoms with van der Waals surface area (Å²) in [7, 11) is 0. The Bertz CT molecular complexity index is 260. The maximum absolute atomic E-state index is 11.9. The van der Waals surface area contributed by atoms with Gasteiger partial charge in [-0.15, -0.1) is 0 Å². The molecular weight excluding hydrogens is 182 g/mol. The van der Waals surface area contributed by atoms with Crippen molar-refractivity contribution in [1.82, 2.24) is 0 Å². The normalized spacial score (nSPS) is 23.8. The van der Waals surface area contributed by atoms with E-state index in [4.69, 9.17) is 0 Å². The van der Waals surface area contributed by atoms with E-state index in [-0.39, 0.29) is 12.8 Å². The van der Waals surface area contributed by atoms with Gasteiger partial charge in [0.15, 0.2) is 5.78 Å². The number of hydrogen-bond acceptors (Lipinski definition) is 3. The van der Waals surface area contributed by atoms with Gasteiger partial charge in [0.2, 0.25) is 11.6 Å². The van der Waals surface area contributed by atoms with Crippen LogP contribution in [-0.4, -0.2) is 23.8 Å². The summed E-state index contributed by atoms with van der Waals surface area (Å²) < 4.78 is 23.8. The largest absolute Gasteiger partial charge is 0.296 e. The number of carbonyl (C=O) groups excluding carboxylic acids is 3. The molecule has 1 fully saturated rings. The van der Waals surface area contributed by atoms with Gasteiger partial charge in [-0.05, 0) is 12.8 Å².